The van der Waals surface area contributed by atoms with Crippen LogP contribution in [-0.4, -0.2) is 11.0 Å². The number of nitrogens with zero attached hydrogens (tertiary/aromatic N) is 1. The fourth-order valence-corrected chi connectivity index (χ4v) is 1.01. The lowest BCUT2D eigenvalue weighted by atomic mass is 10.4. The van der Waals surface area contributed by atoms with Gasteiger partial charge in [-0.1, -0.05) is 0 Å². The lowest BCUT2D eigenvalue weighted by Crippen LogP contribution is -2.21. The second-order valence-corrected chi connectivity index (χ2v) is 2.70. The van der Waals surface area contributed by atoms with Crippen molar-refractivity contribution in [1.82, 2.24) is 4.98 Å². The highest BCUT2D eigenvalue weighted by Gasteiger charge is 2.04. The Bertz CT molecular complexity index is 463. The maximum absolute atomic E-state index is 10.4. The van der Waals surface area contributed by atoms with Gasteiger partial charge in [0.25, 0.3) is 5.95 Å². The summed E-state index contributed by atoms with van der Waals surface area (Å²) >= 11 is 0. The molecule has 5 nitrogen and oxygen atoms in total. The normalized spacial score (nSPS) is 9.87. The molecule has 0 amide bonds. The summed E-state index contributed by atoms with van der Waals surface area (Å²) in [6, 6.07) is 6.03. The molecular weight excluding hydrogens is 198 g/mol. The van der Waals surface area contributed by atoms with Crippen LogP contribution >= 0.6 is 0 Å². The largest absolute Gasteiger partial charge is 0.542 e. The van der Waals surface area contributed by atoms with Gasteiger partial charge in [-0.3, -0.25) is 4.98 Å². The van der Waals surface area contributed by atoms with Crippen LogP contribution in [0.2, 0.25) is 0 Å². The fourth-order valence-electron chi connectivity index (χ4n) is 1.01. The zero-order valence-electron chi connectivity index (χ0n) is 7.54. The van der Waals surface area contributed by atoms with Crippen LogP contribution in [0.4, 0.5) is 0 Å². The number of carboxylic acid groups (broad SMARTS) is 1. The molecule has 2 aromatic heterocycles. The van der Waals surface area contributed by atoms with E-state index in [1.54, 1.807) is 18.3 Å². The van der Waals surface area contributed by atoms with E-state index in [-0.39, 0.29) is 11.7 Å². The van der Waals surface area contributed by atoms with Crippen LogP contribution in [0.1, 0.15) is 10.6 Å². The first kappa shape index (κ1) is 9.26. The molecular formula is C10H6NO4-. The summed E-state index contributed by atoms with van der Waals surface area (Å²) in [4.78, 5) is 14.2. The smallest absolute Gasteiger partial charge is 0.290 e. The van der Waals surface area contributed by atoms with E-state index in [0.717, 1.165) is 0 Å². The third-order valence-corrected chi connectivity index (χ3v) is 1.64. The van der Waals surface area contributed by atoms with Gasteiger partial charge >= 0.3 is 0 Å². The van der Waals surface area contributed by atoms with Crippen molar-refractivity contribution in [3.63, 3.8) is 0 Å². The van der Waals surface area contributed by atoms with E-state index in [9.17, 15) is 9.90 Å². The highest BCUT2D eigenvalue weighted by molar-refractivity contribution is 5.82. The molecule has 76 valence electrons. The molecule has 0 N–H and O–H groups in total. The number of carbonyl (C=O) groups excluding carboxylic acids is 1. The first-order valence-corrected chi connectivity index (χ1v) is 4.15. The van der Waals surface area contributed by atoms with Crippen molar-refractivity contribution in [2.75, 3.05) is 0 Å². The van der Waals surface area contributed by atoms with Crippen molar-refractivity contribution in [3.8, 4) is 11.7 Å². The molecule has 5 heteroatoms. The van der Waals surface area contributed by atoms with Crippen LogP contribution in [0, 0.1) is 0 Å². The molecule has 0 aromatic carbocycles. The Morgan fingerprint density at radius 3 is 2.87 bits per heavy atom. The van der Waals surface area contributed by atoms with Gasteiger partial charge in [0.15, 0.2) is 5.76 Å². The molecule has 0 saturated heterocycles. The molecule has 2 rings (SSSR count). The summed E-state index contributed by atoms with van der Waals surface area (Å²) in [6.45, 7) is 0. The van der Waals surface area contributed by atoms with Gasteiger partial charge in [-0.05, 0) is 18.2 Å². The van der Waals surface area contributed by atoms with Gasteiger partial charge in [0.1, 0.15) is 11.7 Å². The number of pyridine rings is 1. The molecule has 0 saturated carbocycles. The summed E-state index contributed by atoms with van der Waals surface area (Å²) in [6.07, 6.45) is 3.09. The van der Waals surface area contributed by atoms with Crippen LogP contribution in [0.5, 0.6) is 11.7 Å². The summed E-state index contributed by atoms with van der Waals surface area (Å²) in [5.74, 6) is -1.09. The van der Waals surface area contributed by atoms with Crippen LogP contribution in [0.25, 0.3) is 0 Å². The van der Waals surface area contributed by atoms with Crippen molar-refractivity contribution in [3.05, 3.63) is 42.4 Å². The van der Waals surface area contributed by atoms with Gasteiger partial charge in [0.05, 0.1) is 6.20 Å². The molecule has 0 atom stereocenters. The van der Waals surface area contributed by atoms with Crippen molar-refractivity contribution in [2.24, 2.45) is 0 Å². The first-order valence-electron chi connectivity index (χ1n) is 4.15. The standard InChI is InChI=1S/C10H7NO4/c12-10(13)8-3-4-9(15-8)14-7-2-1-5-11-6-7/h1-6H,(H,12,13)/p-1. The van der Waals surface area contributed by atoms with E-state index in [2.05, 4.69) is 4.98 Å². The second kappa shape index (κ2) is 3.83. The average molecular weight is 204 g/mol. The van der Waals surface area contributed by atoms with Crippen molar-refractivity contribution < 1.29 is 19.1 Å². The topological polar surface area (TPSA) is 75.4 Å². The summed E-state index contributed by atoms with van der Waals surface area (Å²) in [7, 11) is 0. The molecule has 0 spiro atoms. The molecule has 2 aromatic rings. The van der Waals surface area contributed by atoms with Crippen LogP contribution in [0.15, 0.2) is 41.1 Å². The Balaban J connectivity index is 2.15. The number of aromatic nitrogens is 1. The zero-order chi connectivity index (χ0) is 10.7. The molecule has 0 aliphatic carbocycles. The van der Waals surface area contributed by atoms with Gasteiger partial charge in [-0.2, -0.15) is 0 Å². The molecule has 0 fully saturated rings. The molecule has 0 aliphatic heterocycles. The fraction of sp³-hybridized carbons (Fsp3) is 0. The number of rotatable bonds is 3. The van der Waals surface area contributed by atoms with Crippen molar-refractivity contribution in [2.45, 2.75) is 0 Å². The summed E-state index contributed by atoms with van der Waals surface area (Å²) in [5.41, 5.74) is 0. The van der Waals surface area contributed by atoms with E-state index in [1.807, 2.05) is 0 Å². The summed E-state index contributed by atoms with van der Waals surface area (Å²) in [5, 5.41) is 10.4. The van der Waals surface area contributed by atoms with E-state index in [0.29, 0.717) is 5.75 Å². The average Bonchev–Trinajstić information content (AvgIpc) is 2.68. The Labute approximate surface area is 84.9 Å². The number of carboxylic acids is 1. The lowest BCUT2D eigenvalue weighted by molar-refractivity contribution is -0.257. The lowest BCUT2D eigenvalue weighted by Gasteiger charge is -2.00. The molecule has 0 bridgehead atoms. The van der Waals surface area contributed by atoms with Crippen molar-refractivity contribution in [1.29, 1.82) is 0 Å². The minimum Gasteiger partial charge on any atom is -0.542 e. The SMILES string of the molecule is O=C([O-])c1ccc(Oc2cccnc2)o1. The third-order valence-electron chi connectivity index (χ3n) is 1.64. The number of hydrogen-bond donors (Lipinski definition) is 0. The maximum atomic E-state index is 10.4. The molecule has 0 radical (unpaired) electrons. The van der Waals surface area contributed by atoms with Gasteiger partial charge in [-0.15, -0.1) is 0 Å². The Morgan fingerprint density at radius 1 is 1.40 bits per heavy atom. The molecule has 0 aliphatic rings. The van der Waals surface area contributed by atoms with Gasteiger partial charge in [0, 0.05) is 12.3 Å². The minimum atomic E-state index is -1.38. The Kier molecular flexibility index (Phi) is 2.37. The quantitative estimate of drug-likeness (QED) is 0.740. The predicted molar refractivity (Wildman–Crippen MR) is 47.3 cm³/mol. The number of carbonyl (C=O) groups is 1. The highest BCUT2D eigenvalue weighted by Crippen LogP contribution is 2.22. The first-order chi connectivity index (χ1) is 7.25. The Morgan fingerprint density at radius 2 is 2.27 bits per heavy atom. The Hall–Kier alpha value is -2.30. The molecule has 15 heavy (non-hydrogen) atoms. The van der Waals surface area contributed by atoms with E-state index in [1.165, 1.54) is 18.3 Å². The van der Waals surface area contributed by atoms with E-state index >= 15 is 0 Å². The number of ether oxygens (including phenoxy) is 1. The molecule has 0 unspecified atom stereocenters. The second-order valence-electron chi connectivity index (χ2n) is 2.70. The van der Waals surface area contributed by atoms with Gasteiger partial charge in [-0.25, -0.2) is 0 Å². The number of aromatic carboxylic acids is 1. The number of furan rings is 1. The van der Waals surface area contributed by atoms with E-state index < -0.39 is 5.97 Å². The third kappa shape index (κ3) is 2.14. The predicted octanol–water partition coefficient (Wildman–Crippen LogP) is 0.830. The minimum absolute atomic E-state index is 0.0854. The highest BCUT2D eigenvalue weighted by atomic mass is 16.6. The summed E-state index contributed by atoms with van der Waals surface area (Å²) < 4.78 is 10.0. The van der Waals surface area contributed by atoms with Crippen molar-refractivity contribution >= 4 is 5.97 Å². The number of hydrogen-bond acceptors (Lipinski definition) is 5. The molecule has 2 heterocycles. The van der Waals surface area contributed by atoms with Gasteiger partial charge in [0.2, 0.25) is 0 Å². The van der Waals surface area contributed by atoms with Crippen LogP contribution < -0.4 is 9.84 Å². The van der Waals surface area contributed by atoms with Gasteiger partial charge < -0.3 is 19.1 Å². The zero-order valence-corrected chi connectivity index (χ0v) is 7.54. The van der Waals surface area contributed by atoms with E-state index in [4.69, 9.17) is 9.15 Å². The monoisotopic (exact) mass is 204 g/mol. The maximum Gasteiger partial charge on any atom is 0.290 e. The van der Waals surface area contributed by atoms with Crippen LogP contribution in [-0.2, 0) is 0 Å². The van der Waals surface area contributed by atoms with Crippen LogP contribution in [0.3, 0.4) is 0 Å².